The van der Waals surface area contributed by atoms with Crippen LogP contribution in [-0.2, 0) is 0 Å². The second-order valence-corrected chi connectivity index (χ2v) is 3.30. The Morgan fingerprint density at radius 2 is 2.55 bits per heavy atom. The summed E-state index contributed by atoms with van der Waals surface area (Å²) < 4.78 is 2.00. The molecule has 2 N–H and O–H groups in total. The molecule has 2 atom stereocenters. The fourth-order valence-corrected chi connectivity index (χ4v) is 1.78. The minimum atomic E-state index is 0.121. The van der Waals surface area contributed by atoms with Crippen LogP contribution in [0.5, 0.6) is 0 Å². The van der Waals surface area contributed by atoms with Gasteiger partial charge in [-0.3, -0.25) is 0 Å². The zero-order chi connectivity index (χ0) is 7.84. The third-order valence-corrected chi connectivity index (χ3v) is 2.34. The summed E-state index contributed by atoms with van der Waals surface area (Å²) in [7, 11) is 2.62. The average Bonchev–Trinajstić information content (AvgIpc) is 2.30. The van der Waals surface area contributed by atoms with Gasteiger partial charge in [-0.15, -0.1) is 0 Å². The van der Waals surface area contributed by atoms with Gasteiger partial charge in [0.25, 0.3) is 0 Å². The molecule has 0 saturated carbocycles. The van der Waals surface area contributed by atoms with Crippen LogP contribution < -0.4 is 10.4 Å². The Bertz CT molecular complexity index is 249. The Morgan fingerprint density at radius 1 is 1.73 bits per heavy atom. The van der Waals surface area contributed by atoms with Gasteiger partial charge in [0, 0.05) is 18.3 Å². The molecular weight excluding hydrogens is 157 g/mol. The maximum atomic E-state index is 5.84. The molecule has 11 heavy (non-hydrogen) atoms. The molecule has 0 bridgehead atoms. The van der Waals surface area contributed by atoms with Crippen molar-refractivity contribution in [3.8, 4) is 0 Å². The van der Waals surface area contributed by atoms with Crippen LogP contribution in [0.2, 0.25) is 0 Å². The first-order chi connectivity index (χ1) is 5.29. The van der Waals surface area contributed by atoms with Crippen molar-refractivity contribution in [3.05, 3.63) is 23.9 Å². The maximum Gasteiger partial charge on any atom is 0.136 e. The Labute approximate surface area is 67.9 Å². The summed E-state index contributed by atoms with van der Waals surface area (Å²) in [6.07, 6.45) is 1.79. The summed E-state index contributed by atoms with van der Waals surface area (Å²) in [6.45, 7) is 0.844. The number of fused-ring (bicyclic) bond motifs is 1. The fraction of sp³-hybridized carbons (Fsp3) is 0.286. The third-order valence-electron chi connectivity index (χ3n) is 1.88. The molecule has 0 amide bonds. The normalized spacial score (nSPS) is 22.0. The summed E-state index contributed by atoms with van der Waals surface area (Å²) in [5, 5.41) is 0. The summed E-state index contributed by atoms with van der Waals surface area (Å²) in [5.74, 6) is 0.991. The van der Waals surface area contributed by atoms with Gasteiger partial charge in [0.2, 0.25) is 0 Å². The number of aromatic nitrogens is 1. The van der Waals surface area contributed by atoms with Crippen LogP contribution in [0.4, 0.5) is 5.82 Å². The predicted octanol–water partition coefficient (Wildman–Crippen LogP) is 0.691. The molecule has 2 unspecified atom stereocenters. The van der Waals surface area contributed by atoms with Crippen molar-refractivity contribution < 1.29 is 0 Å². The van der Waals surface area contributed by atoms with E-state index in [0.717, 1.165) is 17.9 Å². The van der Waals surface area contributed by atoms with Crippen LogP contribution in [0.15, 0.2) is 18.3 Å². The van der Waals surface area contributed by atoms with Gasteiger partial charge >= 0.3 is 0 Å². The van der Waals surface area contributed by atoms with Gasteiger partial charge in [-0.1, -0.05) is 6.07 Å². The summed E-state index contributed by atoms with van der Waals surface area (Å²) in [5.41, 5.74) is 6.98. The molecule has 0 saturated heterocycles. The summed E-state index contributed by atoms with van der Waals surface area (Å²) >= 11 is 0. The quantitative estimate of drug-likeness (QED) is 0.578. The molecule has 1 aliphatic heterocycles. The van der Waals surface area contributed by atoms with E-state index in [-0.39, 0.29) is 6.04 Å². The van der Waals surface area contributed by atoms with Gasteiger partial charge in [-0.2, -0.15) is 0 Å². The van der Waals surface area contributed by atoms with E-state index in [2.05, 4.69) is 14.4 Å². The second kappa shape index (κ2) is 2.43. The van der Waals surface area contributed by atoms with Crippen LogP contribution in [0, 0.1) is 0 Å². The SMILES string of the molecule is NC1CN(P)c2ncccc21. The fourth-order valence-electron chi connectivity index (χ4n) is 1.34. The molecule has 0 aromatic carbocycles. The summed E-state index contributed by atoms with van der Waals surface area (Å²) in [4.78, 5) is 4.22. The molecule has 0 aliphatic carbocycles. The maximum absolute atomic E-state index is 5.84. The zero-order valence-electron chi connectivity index (χ0n) is 6.07. The molecule has 3 nitrogen and oxygen atoms in total. The lowest BCUT2D eigenvalue weighted by atomic mass is 10.2. The van der Waals surface area contributed by atoms with E-state index in [1.54, 1.807) is 6.20 Å². The highest BCUT2D eigenvalue weighted by atomic mass is 31.0. The third kappa shape index (κ3) is 1.01. The van der Waals surface area contributed by atoms with Crippen molar-refractivity contribution in [2.75, 3.05) is 11.2 Å². The van der Waals surface area contributed by atoms with E-state index in [4.69, 9.17) is 5.73 Å². The molecule has 2 heterocycles. The van der Waals surface area contributed by atoms with Crippen molar-refractivity contribution >= 4 is 15.2 Å². The van der Waals surface area contributed by atoms with Crippen molar-refractivity contribution in [2.45, 2.75) is 6.04 Å². The minimum absolute atomic E-state index is 0.121. The molecule has 0 spiro atoms. The van der Waals surface area contributed by atoms with Gasteiger partial charge in [-0.25, -0.2) is 4.98 Å². The largest absolute Gasteiger partial charge is 0.339 e. The van der Waals surface area contributed by atoms with Gasteiger partial charge in [-0.05, 0) is 15.5 Å². The van der Waals surface area contributed by atoms with E-state index >= 15 is 0 Å². The molecule has 2 rings (SSSR count). The number of hydrogen-bond donors (Lipinski definition) is 1. The first kappa shape index (κ1) is 7.01. The van der Waals surface area contributed by atoms with Gasteiger partial charge in [0.1, 0.15) is 5.82 Å². The Hall–Kier alpha value is -0.660. The lowest BCUT2D eigenvalue weighted by Crippen LogP contribution is -2.15. The van der Waals surface area contributed by atoms with Crippen molar-refractivity contribution in [1.82, 2.24) is 4.98 Å². The second-order valence-electron chi connectivity index (χ2n) is 2.68. The van der Waals surface area contributed by atoms with Crippen LogP contribution in [0.3, 0.4) is 0 Å². The van der Waals surface area contributed by atoms with E-state index in [9.17, 15) is 0 Å². The lowest BCUT2D eigenvalue weighted by molar-refractivity contribution is 0.790. The van der Waals surface area contributed by atoms with Crippen molar-refractivity contribution in [3.63, 3.8) is 0 Å². The molecule has 4 heteroatoms. The first-order valence-corrected chi connectivity index (χ1v) is 4.03. The highest BCUT2D eigenvalue weighted by molar-refractivity contribution is 7.19. The highest BCUT2D eigenvalue weighted by Crippen LogP contribution is 2.32. The van der Waals surface area contributed by atoms with Crippen LogP contribution in [-0.4, -0.2) is 11.5 Å². The first-order valence-electron chi connectivity index (χ1n) is 3.52. The van der Waals surface area contributed by atoms with Crippen LogP contribution >= 0.6 is 9.39 Å². The van der Waals surface area contributed by atoms with E-state index in [1.165, 1.54) is 0 Å². The molecule has 1 aliphatic rings. The number of pyridine rings is 1. The number of hydrogen-bond acceptors (Lipinski definition) is 3. The Kier molecular flexibility index (Phi) is 1.55. The molecular formula is C7H10N3P. The standard InChI is InChI=1S/C7H10N3P/c8-6-4-10(11)7-5(6)2-1-3-9-7/h1-3,6H,4,8,11H2. The van der Waals surface area contributed by atoms with E-state index in [0.29, 0.717) is 0 Å². The van der Waals surface area contributed by atoms with Crippen LogP contribution in [0.1, 0.15) is 11.6 Å². The Morgan fingerprint density at radius 3 is 3.27 bits per heavy atom. The van der Waals surface area contributed by atoms with Gasteiger partial charge in [0.15, 0.2) is 0 Å². The van der Waals surface area contributed by atoms with Crippen molar-refractivity contribution in [2.24, 2.45) is 5.73 Å². The monoisotopic (exact) mass is 167 g/mol. The molecule has 1 aromatic rings. The van der Waals surface area contributed by atoms with Gasteiger partial charge in [0.05, 0.1) is 6.04 Å². The highest BCUT2D eigenvalue weighted by Gasteiger charge is 2.23. The topological polar surface area (TPSA) is 42.1 Å². The van der Waals surface area contributed by atoms with E-state index < -0.39 is 0 Å². The molecule has 0 fully saturated rings. The number of nitrogens with zero attached hydrogens (tertiary/aromatic N) is 2. The lowest BCUT2D eigenvalue weighted by Gasteiger charge is -2.08. The summed E-state index contributed by atoms with van der Waals surface area (Å²) in [6, 6.07) is 4.07. The molecule has 1 aromatic heterocycles. The predicted molar refractivity (Wildman–Crippen MR) is 48.2 cm³/mol. The van der Waals surface area contributed by atoms with Crippen LogP contribution in [0.25, 0.3) is 0 Å². The number of rotatable bonds is 0. The average molecular weight is 167 g/mol. The van der Waals surface area contributed by atoms with E-state index in [1.807, 2.05) is 16.8 Å². The van der Waals surface area contributed by atoms with Crippen molar-refractivity contribution in [1.29, 1.82) is 0 Å². The number of nitrogens with two attached hydrogens (primary N) is 1. The number of anilines is 1. The zero-order valence-corrected chi connectivity index (χ0v) is 7.22. The van der Waals surface area contributed by atoms with Gasteiger partial charge < -0.3 is 10.4 Å². The molecule has 0 radical (unpaired) electrons. The Balaban J connectivity index is 2.52. The smallest absolute Gasteiger partial charge is 0.136 e. The minimum Gasteiger partial charge on any atom is -0.339 e. The molecule has 58 valence electrons.